The summed E-state index contributed by atoms with van der Waals surface area (Å²) in [7, 11) is -5.80. The van der Waals surface area contributed by atoms with Crippen LogP contribution in [0.2, 0.25) is 0 Å². The monoisotopic (exact) mass is 1200 g/mol. The first kappa shape index (κ1) is 41.9. The van der Waals surface area contributed by atoms with Gasteiger partial charge in [-0.3, -0.25) is 13.7 Å². The molecule has 6 heteroatoms. The van der Waals surface area contributed by atoms with Gasteiger partial charge in [0.25, 0.3) is 6.33 Å². The maximum absolute atomic E-state index is 10.2. The normalized spacial score (nSPS) is 14.8. The predicted octanol–water partition coefficient (Wildman–Crippen LogP) is 18.2. The fourth-order valence-corrected chi connectivity index (χ4v) is 16.8. The van der Waals surface area contributed by atoms with Crippen molar-refractivity contribution in [2.75, 3.05) is 0 Å². The maximum atomic E-state index is 10.2. The van der Waals surface area contributed by atoms with Crippen molar-refractivity contribution in [1.29, 1.82) is 0 Å². The van der Waals surface area contributed by atoms with Crippen LogP contribution in [-0.2, 0) is 16.2 Å². The fourth-order valence-electron chi connectivity index (χ4n) is 13.0. The van der Waals surface area contributed by atoms with Gasteiger partial charge in [0.15, 0.2) is 8.07 Å². The number of hydrogen-bond acceptors (Lipinski definition) is 2. The zero-order valence-electron chi connectivity index (χ0n) is 66.5. The van der Waals surface area contributed by atoms with E-state index < -0.39 is 114 Å². The number of para-hydroxylation sites is 2. The lowest BCUT2D eigenvalue weighted by molar-refractivity contribution is -0.570. The van der Waals surface area contributed by atoms with Gasteiger partial charge in [-0.25, -0.2) is 4.98 Å². The number of ether oxygens (including phenoxy) is 1. The Hall–Kier alpha value is -10.1. The average molecular weight is 1200 g/mol. The Kier molecular flexibility index (Phi) is 10.0. The molecule has 0 aliphatic carbocycles. The summed E-state index contributed by atoms with van der Waals surface area (Å²) in [6.07, 6.45) is 5.71. The molecule has 0 unspecified atom stereocenters. The Morgan fingerprint density at radius 2 is 0.944 bits per heavy atom. The molecule has 3 aromatic heterocycles. The zero-order valence-corrected chi connectivity index (χ0v) is 52.5. The van der Waals surface area contributed by atoms with E-state index in [9.17, 15) is 16.4 Å². The van der Waals surface area contributed by atoms with E-state index in [1.54, 1.807) is 16.7 Å². The largest absolute Gasteiger partial charge is 0.458 e. The first-order valence-electron chi connectivity index (χ1n) is 37.8. The van der Waals surface area contributed by atoms with E-state index >= 15 is 0 Å². The molecule has 11 aromatic carbocycles. The lowest BCUT2D eigenvalue weighted by atomic mass is 9.78. The third kappa shape index (κ3) is 9.51. The molecule has 0 spiro atoms. The highest BCUT2D eigenvalue weighted by Gasteiger charge is 2.43. The molecule has 4 heterocycles. The first-order valence-corrected chi connectivity index (χ1v) is 32.3. The summed E-state index contributed by atoms with van der Waals surface area (Å²) in [5, 5.41) is 0.0979. The highest BCUT2D eigenvalue weighted by molar-refractivity contribution is 7.20. The van der Waals surface area contributed by atoms with Crippen molar-refractivity contribution in [2.45, 2.75) is 78.6 Å². The van der Waals surface area contributed by atoms with Gasteiger partial charge in [-0.2, -0.15) is 0 Å². The van der Waals surface area contributed by atoms with Gasteiger partial charge in [0.2, 0.25) is 0 Å². The van der Waals surface area contributed by atoms with Crippen LogP contribution in [0.15, 0.2) is 273 Å². The van der Waals surface area contributed by atoms with Crippen LogP contribution in [0.25, 0.3) is 94.5 Å². The highest BCUT2D eigenvalue weighted by atomic mass is 28.3. The molecule has 90 heavy (non-hydrogen) atoms. The standard InChI is InChI=1S/C84H72N4OSi/c1-82(2,3)57-45-46-85-79(50-57)88-76-42-24-23-39-72(76)73-44-43-62(52-77(73)88)89-61-28-25-27-60(51-61)86-55-87-80-67(56-47-58(83(4,5)6)49-59(48-56)84(7,8)9)40-26-41-74(80)70-37-21-19-35-68(70)69-36-20-22-38-71(69)75-53-66(54-78(86)81(75)87)90(63-29-13-10-14-30-63,64-31-15-11-16-32-64)65-33-17-12-18-34-65/h10-54H,1-9H3/i10D,11D,12D,13D,14D,15D,16D,17D,18D,29D,30D,31D,32D,33D,34D. The molecular weight excluding hydrogens is 1110 g/mol. The lowest BCUT2D eigenvalue weighted by Gasteiger charge is -2.35. The number of hydrogen-bond donors (Lipinski definition) is 0. The summed E-state index contributed by atoms with van der Waals surface area (Å²) in [4.78, 5) is 4.92. The second-order valence-corrected chi connectivity index (χ2v) is 29.9. The van der Waals surface area contributed by atoms with Gasteiger partial charge in [0.05, 0.1) is 54.0 Å². The van der Waals surface area contributed by atoms with Crippen molar-refractivity contribution in [3.8, 4) is 73.2 Å². The Labute approximate surface area is 550 Å². The molecule has 1 aliphatic heterocycles. The molecule has 5 nitrogen and oxygen atoms in total. The summed E-state index contributed by atoms with van der Waals surface area (Å²) < 4.78 is 158. The molecule has 0 bridgehead atoms. The van der Waals surface area contributed by atoms with Crippen LogP contribution in [0.3, 0.4) is 0 Å². The second kappa shape index (κ2) is 21.6. The number of aromatic nitrogens is 4. The number of rotatable bonds is 9. The highest BCUT2D eigenvalue weighted by Crippen LogP contribution is 2.46. The number of pyridine rings is 1. The van der Waals surface area contributed by atoms with Crippen LogP contribution < -0.4 is 30.1 Å². The van der Waals surface area contributed by atoms with Gasteiger partial charge < -0.3 is 4.74 Å². The van der Waals surface area contributed by atoms with E-state index in [0.717, 1.165) is 72.1 Å². The quantitative estimate of drug-likeness (QED) is 0.0625. The zero-order chi connectivity index (χ0) is 74.7. The molecule has 438 valence electrons. The topological polar surface area (TPSA) is 35.9 Å². The van der Waals surface area contributed by atoms with Crippen molar-refractivity contribution in [1.82, 2.24) is 14.1 Å². The van der Waals surface area contributed by atoms with Crippen molar-refractivity contribution in [2.24, 2.45) is 0 Å². The third-order valence-corrected chi connectivity index (χ3v) is 21.7. The molecule has 14 aromatic rings. The van der Waals surface area contributed by atoms with Crippen LogP contribution in [0.1, 0.15) is 99.6 Å². The minimum absolute atomic E-state index is 0.0670. The molecule has 1 aliphatic rings. The van der Waals surface area contributed by atoms with E-state index in [2.05, 4.69) is 128 Å². The third-order valence-electron chi connectivity index (χ3n) is 17.6. The van der Waals surface area contributed by atoms with Crippen LogP contribution in [0, 0.1) is 6.33 Å². The molecule has 15 rings (SSSR count). The van der Waals surface area contributed by atoms with E-state index in [0.29, 0.717) is 50.6 Å². The SMILES string of the molecule is [2H]c1c([2H])c([2H])c([Si](c2cc3c4c(c2)n(-c2cccc(Oc5ccc6c7ccccc7n(-c7cc(C(C)(C)C)ccn7)c6c5)c2)[c-][n+]4-c2c(-c4cc(C(C)(C)C)cc(C(C)(C)C)c4)cccc2-c2ccccc2-c2ccccc2-3)(c2c([2H])c([2H])c([2H])c([2H])c2[2H])c2c([2H])c([2H])c([2H])c([2H])c2[2H])c([2H])c1[2H]. The summed E-state index contributed by atoms with van der Waals surface area (Å²) in [6.45, 7) is 19.6. The Balaban J connectivity index is 1.13. The molecule has 0 fully saturated rings. The molecule has 0 amide bonds. The van der Waals surface area contributed by atoms with Crippen molar-refractivity contribution in [3.05, 3.63) is 296 Å². The molecule has 0 saturated heterocycles. The number of nitrogens with zero attached hydrogens (tertiary/aromatic N) is 4. The van der Waals surface area contributed by atoms with E-state index in [1.807, 2.05) is 120 Å². The van der Waals surface area contributed by atoms with Gasteiger partial charge in [0.1, 0.15) is 17.3 Å². The summed E-state index contributed by atoms with van der Waals surface area (Å²) in [6, 6.07) is 44.8. The smallest absolute Gasteiger partial charge is 0.269 e. The van der Waals surface area contributed by atoms with Crippen molar-refractivity contribution < 1.29 is 29.9 Å². The van der Waals surface area contributed by atoms with Gasteiger partial charge >= 0.3 is 0 Å². The van der Waals surface area contributed by atoms with Gasteiger partial charge in [-0.05, 0) is 147 Å². The molecule has 0 saturated carbocycles. The fraction of sp³-hybridized carbons (Fsp3) is 0.143. The van der Waals surface area contributed by atoms with Crippen LogP contribution in [0.5, 0.6) is 11.5 Å². The van der Waals surface area contributed by atoms with E-state index in [4.69, 9.17) is 13.8 Å². The van der Waals surface area contributed by atoms with Gasteiger partial charge in [0, 0.05) is 23.0 Å². The summed E-state index contributed by atoms with van der Waals surface area (Å²) in [5.74, 6) is 1.61. The van der Waals surface area contributed by atoms with Crippen molar-refractivity contribution >= 4 is 61.7 Å². The number of fused-ring (bicyclic) bond motifs is 10. The summed E-state index contributed by atoms with van der Waals surface area (Å²) in [5.41, 5.74) is 12.0. The van der Waals surface area contributed by atoms with Gasteiger partial charge in [-0.1, -0.05) is 274 Å². The Morgan fingerprint density at radius 1 is 0.422 bits per heavy atom. The van der Waals surface area contributed by atoms with Gasteiger partial charge in [-0.15, -0.1) is 0 Å². The maximum Gasteiger partial charge on any atom is 0.269 e. The average Bonchev–Trinajstić information content (AvgIpc) is 1.28. The predicted molar refractivity (Wildman–Crippen MR) is 377 cm³/mol. The lowest BCUT2D eigenvalue weighted by Crippen LogP contribution is -2.74. The first-order chi connectivity index (χ1) is 49.7. The molecule has 0 atom stereocenters. The Bertz CT molecular complexity index is 5770. The summed E-state index contributed by atoms with van der Waals surface area (Å²) >= 11 is 0. The van der Waals surface area contributed by atoms with E-state index in [1.165, 1.54) is 0 Å². The van der Waals surface area contributed by atoms with E-state index in [-0.39, 0.29) is 21.4 Å². The van der Waals surface area contributed by atoms with Crippen molar-refractivity contribution in [3.63, 3.8) is 0 Å². The second-order valence-electron chi connectivity index (χ2n) is 26.3. The Morgan fingerprint density at radius 3 is 1.56 bits per heavy atom. The minimum atomic E-state index is -5.80. The van der Waals surface area contributed by atoms with Crippen LogP contribution in [0.4, 0.5) is 0 Å². The molecule has 0 N–H and O–H groups in total. The number of benzene rings is 11. The van der Waals surface area contributed by atoms with Crippen LogP contribution >= 0.6 is 0 Å². The number of imidazole rings is 1. The minimum Gasteiger partial charge on any atom is -0.458 e. The molecule has 0 radical (unpaired) electrons. The molecular formula is C84H72N4OSi. The van der Waals surface area contributed by atoms with Crippen LogP contribution in [-0.4, -0.2) is 22.2 Å².